The van der Waals surface area contributed by atoms with Crippen LogP contribution in [0.2, 0.25) is 0 Å². The first-order chi connectivity index (χ1) is 18.4. The van der Waals surface area contributed by atoms with E-state index in [2.05, 4.69) is 29.9 Å². The van der Waals surface area contributed by atoms with Gasteiger partial charge < -0.3 is 19.3 Å². The van der Waals surface area contributed by atoms with Gasteiger partial charge in [-0.3, -0.25) is 9.88 Å². The van der Waals surface area contributed by atoms with Crippen molar-refractivity contribution in [1.29, 1.82) is 0 Å². The number of nitrogens with one attached hydrogen (secondary N) is 1. The lowest BCUT2D eigenvalue weighted by Gasteiger charge is -2.40. The highest BCUT2D eigenvalue weighted by molar-refractivity contribution is 5.88. The second-order valence-electron chi connectivity index (χ2n) is 9.70. The van der Waals surface area contributed by atoms with Crippen molar-refractivity contribution in [1.82, 2.24) is 29.5 Å². The van der Waals surface area contributed by atoms with Crippen molar-refractivity contribution in [3.63, 3.8) is 0 Å². The molecule has 1 atom stereocenters. The Balaban J connectivity index is 1.09. The first-order valence-electron chi connectivity index (χ1n) is 12.6. The summed E-state index contributed by atoms with van der Waals surface area (Å²) in [5.74, 6) is 0.213. The molecular formula is C25H27FN8O4. The van der Waals surface area contributed by atoms with Gasteiger partial charge in [-0.05, 0) is 49.1 Å². The zero-order valence-electron chi connectivity index (χ0n) is 20.6. The number of fused-ring (bicyclic) bond motifs is 1. The number of H-pyrrole nitrogens is 1. The largest absolute Gasteiger partial charge is 0.478 e. The lowest BCUT2D eigenvalue weighted by atomic mass is 9.97. The highest BCUT2D eigenvalue weighted by atomic mass is 19.1. The van der Waals surface area contributed by atoms with Crippen LogP contribution in [0.1, 0.15) is 23.2 Å². The topological polar surface area (TPSA) is 136 Å². The van der Waals surface area contributed by atoms with Gasteiger partial charge in [-0.2, -0.15) is 9.97 Å². The van der Waals surface area contributed by atoms with Crippen LogP contribution < -0.4 is 15.5 Å². The number of aromatic carboxylic acids is 1. The Morgan fingerprint density at radius 2 is 1.97 bits per heavy atom. The molecule has 1 aromatic carbocycles. The summed E-state index contributed by atoms with van der Waals surface area (Å²) in [6.07, 6.45) is 3.57. The van der Waals surface area contributed by atoms with Crippen LogP contribution in [-0.2, 0) is 0 Å². The van der Waals surface area contributed by atoms with Crippen LogP contribution in [0.25, 0.3) is 17.4 Å². The van der Waals surface area contributed by atoms with E-state index in [-0.39, 0.29) is 11.3 Å². The number of nitrogens with zero attached hydrogens (tertiary/aromatic N) is 7. The standard InChI is InChI=1S/C25H27FN8O4/c26-18-13-17(22(35)36)5-6-19(18)32-10-8-31(9-11-32)14-16-3-1-7-33(15-16)23-28-24-27-21(20-4-2-12-38-20)30-34(24)25(37)29-23/h2,4-6,12-13,16H,1,3,7-11,14-15H2,(H,35,36)(H,27,28,29,30,37). The molecular weight excluding hydrogens is 495 g/mol. The Bertz CT molecular complexity index is 1510. The van der Waals surface area contributed by atoms with Gasteiger partial charge in [-0.1, -0.05) is 0 Å². The van der Waals surface area contributed by atoms with Crippen molar-refractivity contribution in [2.45, 2.75) is 12.8 Å². The summed E-state index contributed by atoms with van der Waals surface area (Å²) >= 11 is 0. The van der Waals surface area contributed by atoms with E-state index in [0.29, 0.717) is 42.2 Å². The van der Waals surface area contributed by atoms with E-state index in [4.69, 9.17) is 9.52 Å². The second kappa shape index (κ2) is 9.89. The van der Waals surface area contributed by atoms with Crippen molar-refractivity contribution in [2.24, 2.45) is 5.92 Å². The van der Waals surface area contributed by atoms with Crippen molar-refractivity contribution in [3.8, 4) is 11.6 Å². The Labute approximate surface area is 216 Å². The molecule has 0 aliphatic carbocycles. The van der Waals surface area contributed by atoms with Gasteiger partial charge in [-0.25, -0.2) is 14.0 Å². The van der Waals surface area contributed by atoms with E-state index in [1.165, 1.54) is 12.3 Å². The van der Waals surface area contributed by atoms with Gasteiger partial charge in [0, 0.05) is 45.8 Å². The van der Waals surface area contributed by atoms with Crippen molar-refractivity contribution in [3.05, 3.63) is 58.5 Å². The first kappa shape index (κ1) is 24.1. The maximum absolute atomic E-state index is 14.5. The number of benzene rings is 1. The number of anilines is 2. The Morgan fingerprint density at radius 3 is 2.71 bits per heavy atom. The summed E-state index contributed by atoms with van der Waals surface area (Å²) in [4.78, 5) is 42.0. The van der Waals surface area contributed by atoms with E-state index >= 15 is 0 Å². The SMILES string of the molecule is O=C(O)c1ccc(N2CCN(CC3CCCN(c4nc5nc(-c6ccco6)nn5c(=O)[nH]4)C3)CC2)c(F)c1. The Kier molecular flexibility index (Phi) is 6.27. The number of carboxylic acid groups (broad SMARTS) is 1. The Hall–Kier alpha value is -4.26. The molecule has 2 aliphatic rings. The van der Waals surface area contributed by atoms with Gasteiger partial charge in [0.25, 0.3) is 5.78 Å². The molecule has 12 nitrogen and oxygen atoms in total. The number of furan rings is 1. The van der Waals surface area contributed by atoms with Crippen LogP contribution in [0.3, 0.4) is 0 Å². The van der Waals surface area contributed by atoms with Crippen LogP contribution in [0.15, 0.2) is 45.8 Å². The van der Waals surface area contributed by atoms with Crippen molar-refractivity contribution < 1.29 is 18.7 Å². The van der Waals surface area contributed by atoms with Crippen LogP contribution in [0, 0.1) is 11.7 Å². The number of hydrogen-bond acceptors (Lipinski definition) is 9. The predicted octanol–water partition coefficient (Wildman–Crippen LogP) is 1.95. The predicted molar refractivity (Wildman–Crippen MR) is 136 cm³/mol. The van der Waals surface area contributed by atoms with Crippen molar-refractivity contribution >= 4 is 23.4 Å². The molecule has 5 heterocycles. The van der Waals surface area contributed by atoms with E-state index in [1.54, 1.807) is 18.2 Å². The average Bonchev–Trinajstić information content (AvgIpc) is 3.60. The number of carbonyl (C=O) groups is 1. The summed E-state index contributed by atoms with van der Waals surface area (Å²) in [5.41, 5.74) is -0.0199. The van der Waals surface area contributed by atoms with E-state index < -0.39 is 17.5 Å². The van der Waals surface area contributed by atoms with Crippen molar-refractivity contribution in [2.75, 3.05) is 55.6 Å². The summed E-state index contributed by atoms with van der Waals surface area (Å²) in [6.45, 7) is 5.33. The average molecular weight is 523 g/mol. The summed E-state index contributed by atoms with van der Waals surface area (Å²) in [5, 5.41) is 13.3. The molecule has 2 aliphatic heterocycles. The number of piperidine rings is 1. The zero-order chi connectivity index (χ0) is 26.2. The summed E-state index contributed by atoms with van der Waals surface area (Å²) < 4.78 is 21.0. The lowest BCUT2D eigenvalue weighted by molar-refractivity contribution is 0.0696. The maximum atomic E-state index is 14.5. The normalized spacial score (nSPS) is 18.8. The third-order valence-electron chi connectivity index (χ3n) is 7.19. The minimum absolute atomic E-state index is 0.0521. The molecule has 0 radical (unpaired) electrons. The van der Waals surface area contributed by atoms with Gasteiger partial charge >= 0.3 is 11.7 Å². The summed E-state index contributed by atoms with van der Waals surface area (Å²) in [7, 11) is 0. The van der Waals surface area contributed by atoms with Gasteiger partial charge in [0.1, 0.15) is 5.82 Å². The molecule has 2 saturated heterocycles. The number of piperazine rings is 1. The monoisotopic (exact) mass is 522 g/mol. The molecule has 0 amide bonds. The molecule has 38 heavy (non-hydrogen) atoms. The molecule has 198 valence electrons. The lowest BCUT2D eigenvalue weighted by Crippen LogP contribution is -2.50. The van der Waals surface area contributed by atoms with Crippen LogP contribution in [0.4, 0.5) is 16.0 Å². The number of aromatic amines is 1. The minimum atomic E-state index is -1.14. The van der Waals surface area contributed by atoms with E-state index in [0.717, 1.165) is 56.1 Å². The number of halogens is 1. The fourth-order valence-electron chi connectivity index (χ4n) is 5.28. The first-order valence-corrected chi connectivity index (χ1v) is 12.6. The number of carboxylic acids is 1. The summed E-state index contributed by atoms with van der Waals surface area (Å²) in [6, 6.07) is 7.52. The molecule has 0 spiro atoms. The molecule has 13 heteroatoms. The molecule has 2 N–H and O–H groups in total. The fourth-order valence-corrected chi connectivity index (χ4v) is 5.28. The van der Waals surface area contributed by atoms with E-state index in [1.807, 2.05) is 4.90 Å². The number of hydrogen-bond donors (Lipinski definition) is 2. The Morgan fingerprint density at radius 1 is 1.13 bits per heavy atom. The number of rotatable bonds is 6. The second-order valence-corrected chi connectivity index (χ2v) is 9.70. The van der Waals surface area contributed by atoms with E-state index in [9.17, 15) is 14.0 Å². The highest BCUT2D eigenvalue weighted by Crippen LogP contribution is 2.25. The third kappa shape index (κ3) is 4.72. The van der Waals surface area contributed by atoms with Gasteiger partial charge in [0.05, 0.1) is 17.5 Å². The molecule has 4 aromatic rings. The number of aromatic nitrogens is 5. The zero-order valence-corrected chi connectivity index (χ0v) is 20.6. The minimum Gasteiger partial charge on any atom is -0.478 e. The smallest absolute Gasteiger partial charge is 0.352 e. The molecule has 0 saturated carbocycles. The molecule has 1 unspecified atom stereocenters. The molecule has 6 rings (SSSR count). The van der Waals surface area contributed by atoms with Crippen LogP contribution in [-0.4, -0.2) is 86.4 Å². The molecule has 0 bridgehead atoms. The van der Waals surface area contributed by atoms with Crippen LogP contribution in [0.5, 0.6) is 0 Å². The maximum Gasteiger partial charge on any atom is 0.352 e. The highest BCUT2D eigenvalue weighted by Gasteiger charge is 2.27. The van der Waals surface area contributed by atoms with Gasteiger partial charge in [0.2, 0.25) is 11.8 Å². The van der Waals surface area contributed by atoms with Gasteiger partial charge in [0.15, 0.2) is 5.76 Å². The fraction of sp³-hybridized carbons (Fsp3) is 0.400. The van der Waals surface area contributed by atoms with Gasteiger partial charge in [-0.15, -0.1) is 9.61 Å². The quantitative estimate of drug-likeness (QED) is 0.387. The third-order valence-corrected chi connectivity index (χ3v) is 7.19. The molecule has 2 fully saturated rings. The molecule has 3 aromatic heterocycles. The van der Waals surface area contributed by atoms with Crippen LogP contribution >= 0.6 is 0 Å².